The molecule has 0 N–H and O–H groups in total. The third-order valence-electron chi connectivity index (χ3n) is 2.64. The fourth-order valence-corrected chi connectivity index (χ4v) is 1.94. The van der Waals surface area contributed by atoms with Gasteiger partial charge in [0, 0.05) is 4.83 Å². The second-order valence-electron chi connectivity index (χ2n) is 4.10. The zero-order chi connectivity index (χ0) is 13.6. The fraction of sp³-hybridized carbons (Fsp3) is 0.538. The summed E-state index contributed by atoms with van der Waals surface area (Å²) in [6.07, 6.45) is -3.53. The standard InChI is InChI=1S/C13H16BrF3O/c1-2-11(14)8-10(13(15,16)17)9-18-12-6-4-3-5-7-12/h3-7,10-11H,2,8-9H2,1H3. The van der Waals surface area contributed by atoms with E-state index in [4.69, 9.17) is 4.74 Å². The summed E-state index contributed by atoms with van der Waals surface area (Å²) < 4.78 is 43.7. The lowest BCUT2D eigenvalue weighted by atomic mass is 10.0. The van der Waals surface area contributed by atoms with Crippen molar-refractivity contribution >= 4 is 15.9 Å². The minimum absolute atomic E-state index is 0.0346. The van der Waals surface area contributed by atoms with Crippen LogP contribution in [0.1, 0.15) is 19.8 Å². The zero-order valence-electron chi connectivity index (χ0n) is 10.1. The average molecular weight is 325 g/mol. The molecule has 1 aromatic rings. The molecule has 0 heterocycles. The van der Waals surface area contributed by atoms with Crippen molar-refractivity contribution in [2.45, 2.75) is 30.8 Å². The topological polar surface area (TPSA) is 9.23 Å². The van der Waals surface area contributed by atoms with E-state index >= 15 is 0 Å². The predicted molar refractivity (Wildman–Crippen MR) is 69.1 cm³/mol. The van der Waals surface area contributed by atoms with Crippen molar-refractivity contribution < 1.29 is 17.9 Å². The highest BCUT2D eigenvalue weighted by molar-refractivity contribution is 9.09. The maximum absolute atomic E-state index is 12.8. The Hall–Kier alpha value is -0.710. The lowest BCUT2D eigenvalue weighted by Crippen LogP contribution is -2.30. The molecule has 0 amide bonds. The van der Waals surface area contributed by atoms with E-state index in [1.165, 1.54) is 0 Å². The highest BCUT2D eigenvalue weighted by Crippen LogP contribution is 2.32. The minimum Gasteiger partial charge on any atom is -0.493 e. The van der Waals surface area contributed by atoms with Crippen LogP contribution in [0.3, 0.4) is 0 Å². The molecule has 1 rings (SSSR count). The van der Waals surface area contributed by atoms with Gasteiger partial charge < -0.3 is 4.74 Å². The summed E-state index contributed by atoms with van der Waals surface area (Å²) in [6.45, 7) is 1.51. The first kappa shape index (κ1) is 15.3. The normalized spacial score (nSPS) is 15.2. The molecule has 0 aromatic heterocycles. The second kappa shape index (κ2) is 7.02. The number of hydrogen-bond donors (Lipinski definition) is 0. The van der Waals surface area contributed by atoms with Gasteiger partial charge in [-0.05, 0) is 25.0 Å². The molecule has 102 valence electrons. The predicted octanol–water partition coefficient (Wildman–Crippen LogP) is 4.81. The third kappa shape index (κ3) is 5.29. The van der Waals surface area contributed by atoms with Crippen LogP contribution in [0, 0.1) is 5.92 Å². The van der Waals surface area contributed by atoms with Crippen LogP contribution >= 0.6 is 15.9 Å². The molecular formula is C13H16BrF3O. The van der Waals surface area contributed by atoms with Crippen LogP contribution in [0.2, 0.25) is 0 Å². The highest BCUT2D eigenvalue weighted by Gasteiger charge is 2.40. The van der Waals surface area contributed by atoms with Crippen LogP contribution in [0.15, 0.2) is 30.3 Å². The molecule has 0 radical (unpaired) electrons. The lowest BCUT2D eigenvalue weighted by molar-refractivity contribution is -0.183. The Morgan fingerprint density at radius 1 is 1.22 bits per heavy atom. The maximum Gasteiger partial charge on any atom is 0.395 e. The van der Waals surface area contributed by atoms with Crippen LogP contribution in [0.5, 0.6) is 5.75 Å². The van der Waals surface area contributed by atoms with Crippen molar-refractivity contribution in [2.24, 2.45) is 5.92 Å². The first-order chi connectivity index (χ1) is 8.43. The van der Waals surface area contributed by atoms with E-state index in [1.54, 1.807) is 30.3 Å². The molecule has 0 aliphatic rings. The first-order valence-corrected chi connectivity index (χ1v) is 6.73. The van der Waals surface area contributed by atoms with Crippen LogP contribution < -0.4 is 4.74 Å². The summed E-state index contributed by atoms with van der Waals surface area (Å²) in [5.41, 5.74) is 0. The molecule has 1 aromatic carbocycles. The summed E-state index contributed by atoms with van der Waals surface area (Å²) >= 11 is 3.24. The molecule has 0 spiro atoms. The smallest absolute Gasteiger partial charge is 0.395 e. The second-order valence-corrected chi connectivity index (χ2v) is 5.40. The number of para-hydroxylation sites is 1. The van der Waals surface area contributed by atoms with Gasteiger partial charge in [-0.1, -0.05) is 41.1 Å². The van der Waals surface area contributed by atoms with Crippen LogP contribution in [-0.2, 0) is 0 Å². The Morgan fingerprint density at radius 2 is 1.83 bits per heavy atom. The van der Waals surface area contributed by atoms with E-state index in [9.17, 15) is 13.2 Å². The van der Waals surface area contributed by atoms with Gasteiger partial charge in [-0.3, -0.25) is 0 Å². The minimum atomic E-state index is -4.23. The number of benzene rings is 1. The Kier molecular flexibility index (Phi) is 5.99. The van der Waals surface area contributed by atoms with Gasteiger partial charge in [-0.15, -0.1) is 0 Å². The number of alkyl halides is 4. The van der Waals surface area contributed by atoms with Crippen molar-refractivity contribution in [3.63, 3.8) is 0 Å². The van der Waals surface area contributed by atoms with Gasteiger partial charge >= 0.3 is 6.18 Å². The lowest BCUT2D eigenvalue weighted by Gasteiger charge is -2.22. The van der Waals surface area contributed by atoms with Gasteiger partial charge in [0.15, 0.2) is 0 Å². The molecule has 0 bridgehead atoms. The van der Waals surface area contributed by atoms with E-state index in [2.05, 4.69) is 15.9 Å². The van der Waals surface area contributed by atoms with Gasteiger partial charge in [0.25, 0.3) is 0 Å². The van der Waals surface area contributed by atoms with Gasteiger partial charge in [-0.2, -0.15) is 13.2 Å². The SMILES string of the molecule is CCC(Br)CC(COc1ccccc1)C(F)(F)F. The maximum atomic E-state index is 12.8. The van der Waals surface area contributed by atoms with Crippen molar-refractivity contribution in [3.05, 3.63) is 30.3 Å². The summed E-state index contributed by atoms with van der Waals surface area (Å²) in [5.74, 6) is -0.976. The number of rotatable bonds is 6. The number of halogens is 4. The molecule has 0 saturated heterocycles. The van der Waals surface area contributed by atoms with E-state index < -0.39 is 12.1 Å². The molecule has 0 aliphatic heterocycles. The summed E-state index contributed by atoms with van der Waals surface area (Å²) in [6, 6.07) is 8.56. The number of ether oxygens (including phenoxy) is 1. The molecule has 1 nitrogen and oxygen atoms in total. The molecule has 2 atom stereocenters. The monoisotopic (exact) mass is 324 g/mol. The molecule has 2 unspecified atom stereocenters. The van der Waals surface area contributed by atoms with Gasteiger partial charge in [0.05, 0.1) is 12.5 Å². The Labute approximate surface area is 113 Å². The number of hydrogen-bond acceptors (Lipinski definition) is 1. The molecule has 0 fully saturated rings. The Balaban J connectivity index is 2.57. The van der Waals surface area contributed by atoms with Crippen molar-refractivity contribution in [2.75, 3.05) is 6.61 Å². The summed E-state index contributed by atoms with van der Waals surface area (Å²) in [5, 5.41) is 0. The first-order valence-electron chi connectivity index (χ1n) is 5.82. The molecule has 5 heteroatoms. The van der Waals surface area contributed by atoms with Gasteiger partial charge in [0.1, 0.15) is 5.75 Å². The van der Waals surface area contributed by atoms with E-state index in [0.717, 1.165) is 0 Å². The Bertz CT molecular complexity index is 340. The summed E-state index contributed by atoms with van der Waals surface area (Å²) in [4.78, 5) is -0.136. The molecule has 0 saturated carbocycles. The fourth-order valence-electron chi connectivity index (χ4n) is 1.49. The van der Waals surface area contributed by atoms with Crippen molar-refractivity contribution in [3.8, 4) is 5.75 Å². The van der Waals surface area contributed by atoms with Crippen molar-refractivity contribution in [1.82, 2.24) is 0 Å². The van der Waals surface area contributed by atoms with Crippen LogP contribution in [0.25, 0.3) is 0 Å². The van der Waals surface area contributed by atoms with Crippen molar-refractivity contribution in [1.29, 1.82) is 0 Å². The largest absolute Gasteiger partial charge is 0.493 e. The molecule has 0 aliphatic carbocycles. The molecule has 18 heavy (non-hydrogen) atoms. The van der Waals surface area contributed by atoms with Crippen LogP contribution in [0.4, 0.5) is 13.2 Å². The Morgan fingerprint density at radius 3 is 2.33 bits per heavy atom. The average Bonchev–Trinajstić information content (AvgIpc) is 2.34. The van der Waals surface area contributed by atoms with Gasteiger partial charge in [-0.25, -0.2) is 0 Å². The molecular weight excluding hydrogens is 309 g/mol. The highest BCUT2D eigenvalue weighted by atomic mass is 79.9. The summed E-state index contributed by atoms with van der Waals surface area (Å²) in [7, 11) is 0. The van der Waals surface area contributed by atoms with Crippen LogP contribution in [-0.4, -0.2) is 17.6 Å². The van der Waals surface area contributed by atoms with E-state index in [0.29, 0.717) is 12.2 Å². The zero-order valence-corrected chi connectivity index (χ0v) is 11.7. The quantitative estimate of drug-likeness (QED) is 0.682. The van der Waals surface area contributed by atoms with Gasteiger partial charge in [0.2, 0.25) is 0 Å². The van der Waals surface area contributed by atoms with E-state index in [1.807, 2.05) is 6.92 Å². The third-order valence-corrected chi connectivity index (χ3v) is 3.66. The van der Waals surface area contributed by atoms with E-state index in [-0.39, 0.29) is 17.9 Å².